The minimum atomic E-state index is -1.45. The van der Waals surface area contributed by atoms with E-state index in [4.69, 9.17) is 0 Å². The Morgan fingerprint density at radius 2 is 1.27 bits per heavy atom. The Morgan fingerprint density at radius 3 is 1.88 bits per heavy atom. The number of benzene rings is 3. The molecule has 4 aromatic rings. The van der Waals surface area contributed by atoms with E-state index in [9.17, 15) is 10.0 Å². The summed E-state index contributed by atoms with van der Waals surface area (Å²) < 4.78 is 0. The van der Waals surface area contributed by atoms with E-state index in [1.165, 1.54) is 11.1 Å². The number of nitrogens with zero attached hydrogens (tertiary/aromatic N) is 1. The molecule has 26 heavy (non-hydrogen) atoms. The van der Waals surface area contributed by atoms with Crippen LogP contribution in [0.25, 0.3) is 33.0 Å². The van der Waals surface area contributed by atoms with Gasteiger partial charge in [-0.3, -0.25) is 4.98 Å². The average Bonchev–Trinajstić information content (AvgIpc) is 2.68. The molecule has 1 heterocycles. The summed E-state index contributed by atoms with van der Waals surface area (Å²) in [6.07, 6.45) is 3.70. The molecule has 4 rings (SSSR count). The van der Waals surface area contributed by atoms with E-state index in [1.807, 2.05) is 24.4 Å². The third-order valence-corrected chi connectivity index (χ3v) is 4.70. The Kier molecular flexibility index (Phi) is 4.29. The molecule has 1 aromatic heterocycles. The lowest BCUT2D eigenvalue weighted by Crippen LogP contribution is -2.29. The van der Waals surface area contributed by atoms with Gasteiger partial charge in [0.05, 0.1) is 0 Å². The number of aryl methyl sites for hydroxylation is 1. The van der Waals surface area contributed by atoms with Crippen molar-refractivity contribution in [1.82, 2.24) is 4.98 Å². The molecule has 0 amide bonds. The maximum absolute atomic E-state index is 9.29. The number of fused-ring (bicyclic) bond motifs is 1. The summed E-state index contributed by atoms with van der Waals surface area (Å²) in [6.45, 7) is 2.08. The molecule has 0 unspecified atom stereocenters. The summed E-state index contributed by atoms with van der Waals surface area (Å²) in [5.41, 5.74) is 6.16. The van der Waals surface area contributed by atoms with E-state index in [0.29, 0.717) is 5.46 Å². The predicted molar refractivity (Wildman–Crippen MR) is 107 cm³/mol. The van der Waals surface area contributed by atoms with E-state index in [0.717, 1.165) is 27.5 Å². The Hall–Kier alpha value is -2.95. The van der Waals surface area contributed by atoms with Crippen molar-refractivity contribution in [3.63, 3.8) is 0 Å². The molecule has 0 bridgehead atoms. The molecule has 0 spiro atoms. The minimum absolute atomic E-state index is 0.482. The molecule has 0 saturated carbocycles. The molecule has 2 N–H and O–H groups in total. The van der Waals surface area contributed by atoms with Gasteiger partial charge >= 0.3 is 7.12 Å². The molecule has 0 saturated heterocycles. The van der Waals surface area contributed by atoms with Crippen molar-refractivity contribution in [1.29, 1.82) is 0 Å². The normalized spacial score (nSPS) is 10.9. The third-order valence-electron chi connectivity index (χ3n) is 4.70. The van der Waals surface area contributed by atoms with Gasteiger partial charge in [0, 0.05) is 17.8 Å². The van der Waals surface area contributed by atoms with Crippen molar-refractivity contribution >= 4 is 23.4 Å². The van der Waals surface area contributed by atoms with E-state index >= 15 is 0 Å². The summed E-state index contributed by atoms with van der Waals surface area (Å²) in [5, 5.41) is 20.8. The molecule has 0 fully saturated rings. The second-order valence-electron chi connectivity index (χ2n) is 6.44. The van der Waals surface area contributed by atoms with E-state index in [2.05, 4.69) is 48.3 Å². The number of hydrogen-bond donors (Lipinski definition) is 2. The Morgan fingerprint density at radius 1 is 0.692 bits per heavy atom. The molecular weight excluding hydrogens is 321 g/mol. The van der Waals surface area contributed by atoms with Crippen LogP contribution in [0.2, 0.25) is 0 Å². The first-order chi connectivity index (χ1) is 12.6. The smallest absolute Gasteiger partial charge is 0.423 e. The highest BCUT2D eigenvalue weighted by Gasteiger charge is 2.12. The number of pyridine rings is 1. The van der Waals surface area contributed by atoms with Crippen LogP contribution in [-0.2, 0) is 0 Å². The van der Waals surface area contributed by atoms with E-state index in [-0.39, 0.29) is 0 Å². The van der Waals surface area contributed by atoms with Crippen LogP contribution < -0.4 is 5.46 Å². The van der Waals surface area contributed by atoms with Gasteiger partial charge in [0.25, 0.3) is 0 Å². The van der Waals surface area contributed by atoms with Crippen molar-refractivity contribution in [2.45, 2.75) is 6.92 Å². The molecule has 126 valence electrons. The lowest BCUT2D eigenvalue weighted by Gasteiger charge is -2.12. The highest BCUT2D eigenvalue weighted by molar-refractivity contribution is 6.58. The molecule has 3 aromatic carbocycles. The SMILES string of the molecule is Cc1ccc(-c2ccc(-c3ccc(B(O)O)cc3)c3ccncc23)cc1. The zero-order chi connectivity index (χ0) is 18.1. The Bertz CT molecular complexity index is 1060. The maximum atomic E-state index is 9.29. The zero-order valence-corrected chi connectivity index (χ0v) is 14.4. The van der Waals surface area contributed by atoms with Gasteiger partial charge in [-0.1, -0.05) is 66.2 Å². The van der Waals surface area contributed by atoms with E-state index in [1.54, 1.807) is 18.3 Å². The van der Waals surface area contributed by atoms with Gasteiger partial charge in [-0.2, -0.15) is 0 Å². The van der Waals surface area contributed by atoms with Crippen LogP contribution in [0.3, 0.4) is 0 Å². The van der Waals surface area contributed by atoms with Gasteiger partial charge in [0.2, 0.25) is 0 Å². The van der Waals surface area contributed by atoms with Gasteiger partial charge in [0.15, 0.2) is 0 Å². The van der Waals surface area contributed by atoms with Gasteiger partial charge in [-0.15, -0.1) is 0 Å². The topological polar surface area (TPSA) is 53.4 Å². The van der Waals surface area contributed by atoms with Crippen LogP contribution in [-0.4, -0.2) is 22.2 Å². The lowest BCUT2D eigenvalue weighted by atomic mass is 9.79. The van der Waals surface area contributed by atoms with Crippen LogP contribution in [0.1, 0.15) is 5.56 Å². The number of aromatic nitrogens is 1. The van der Waals surface area contributed by atoms with Gasteiger partial charge < -0.3 is 10.0 Å². The maximum Gasteiger partial charge on any atom is 0.488 e. The van der Waals surface area contributed by atoms with E-state index < -0.39 is 7.12 Å². The van der Waals surface area contributed by atoms with Crippen LogP contribution in [0.4, 0.5) is 0 Å². The van der Waals surface area contributed by atoms with Gasteiger partial charge in [-0.25, -0.2) is 0 Å². The van der Waals surface area contributed by atoms with Crippen molar-refractivity contribution in [3.8, 4) is 22.3 Å². The fourth-order valence-electron chi connectivity index (χ4n) is 3.26. The molecule has 3 nitrogen and oxygen atoms in total. The summed E-state index contributed by atoms with van der Waals surface area (Å²) in [7, 11) is -1.45. The minimum Gasteiger partial charge on any atom is -0.423 e. The highest BCUT2D eigenvalue weighted by Crippen LogP contribution is 2.35. The summed E-state index contributed by atoms with van der Waals surface area (Å²) >= 11 is 0. The molecule has 0 aliphatic rings. The second kappa shape index (κ2) is 6.75. The summed E-state index contributed by atoms with van der Waals surface area (Å²) in [6, 6.07) is 22.1. The predicted octanol–water partition coefficient (Wildman–Crippen LogP) is 3.56. The standard InChI is InChI=1S/C22H18BNO2/c1-15-2-4-16(5-3-15)20-11-10-19(21-12-13-24-14-22(20)21)17-6-8-18(9-7-17)23(25)26/h2-14,25-26H,1H3. The first-order valence-corrected chi connectivity index (χ1v) is 8.54. The molecule has 4 heteroatoms. The van der Waals surface area contributed by atoms with Crippen LogP contribution in [0, 0.1) is 6.92 Å². The highest BCUT2D eigenvalue weighted by atomic mass is 16.4. The van der Waals surface area contributed by atoms with Gasteiger partial charge in [0.1, 0.15) is 0 Å². The number of hydrogen-bond acceptors (Lipinski definition) is 3. The largest absolute Gasteiger partial charge is 0.488 e. The monoisotopic (exact) mass is 339 g/mol. The van der Waals surface area contributed by atoms with Crippen molar-refractivity contribution < 1.29 is 10.0 Å². The molecule has 0 atom stereocenters. The Labute approximate surface area is 152 Å². The quantitative estimate of drug-likeness (QED) is 0.561. The number of rotatable bonds is 3. The second-order valence-corrected chi connectivity index (χ2v) is 6.44. The molecule has 0 radical (unpaired) electrons. The Balaban J connectivity index is 1.88. The average molecular weight is 339 g/mol. The van der Waals surface area contributed by atoms with Crippen LogP contribution >= 0.6 is 0 Å². The van der Waals surface area contributed by atoms with Crippen molar-refractivity contribution in [3.05, 3.63) is 84.7 Å². The van der Waals surface area contributed by atoms with Crippen LogP contribution in [0.5, 0.6) is 0 Å². The van der Waals surface area contributed by atoms with Crippen molar-refractivity contribution in [2.24, 2.45) is 0 Å². The van der Waals surface area contributed by atoms with Gasteiger partial charge in [-0.05, 0) is 46.1 Å². The molecule has 0 aliphatic carbocycles. The molecule has 0 aliphatic heterocycles. The lowest BCUT2D eigenvalue weighted by molar-refractivity contribution is 0.426. The summed E-state index contributed by atoms with van der Waals surface area (Å²) in [4.78, 5) is 4.32. The summed E-state index contributed by atoms with van der Waals surface area (Å²) in [5.74, 6) is 0. The first-order valence-electron chi connectivity index (χ1n) is 8.54. The molecular formula is C22H18BNO2. The van der Waals surface area contributed by atoms with Crippen molar-refractivity contribution in [2.75, 3.05) is 0 Å². The van der Waals surface area contributed by atoms with Crippen LogP contribution in [0.15, 0.2) is 79.1 Å². The fraction of sp³-hybridized carbons (Fsp3) is 0.0455. The zero-order valence-electron chi connectivity index (χ0n) is 14.4. The first kappa shape index (κ1) is 16.5. The third kappa shape index (κ3) is 3.01. The fourth-order valence-corrected chi connectivity index (χ4v) is 3.26.